The number of amides is 1. The molecular formula is C16H17Cl2N3OS. The van der Waals surface area contributed by atoms with Crippen molar-refractivity contribution < 1.29 is 4.79 Å². The summed E-state index contributed by atoms with van der Waals surface area (Å²) in [7, 11) is 0. The number of thiophene rings is 1. The molecule has 4 nitrogen and oxygen atoms in total. The summed E-state index contributed by atoms with van der Waals surface area (Å²) < 4.78 is 1.01. The van der Waals surface area contributed by atoms with E-state index in [0.717, 1.165) is 38.3 Å². The van der Waals surface area contributed by atoms with Gasteiger partial charge in [-0.05, 0) is 24.6 Å². The minimum atomic E-state index is -0.0298. The van der Waals surface area contributed by atoms with E-state index in [0.29, 0.717) is 20.8 Å². The van der Waals surface area contributed by atoms with Crippen molar-refractivity contribution in [1.29, 1.82) is 0 Å². The average molecular weight is 370 g/mol. The van der Waals surface area contributed by atoms with Crippen molar-refractivity contribution in [3.8, 4) is 0 Å². The van der Waals surface area contributed by atoms with Crippen LogP contribution in [0.5, 0.6) is 0 Å². The number of halogens is 2. The maximum absolute atomic E-state index is 12.6. The molecule has 0 bridgehead atoms. The fourth-order valence-corrected chi connectivity index (χ4v) is 4.16. The first-order valence-corrected chi connectivity index (χ1v) is 9.07. The Morgan fingerprint density at radius 1 is 1.22 bits per heavy atom. The van der Waals surface area contributed by atoms with Crippen molar-refractivity contribution in [2.24, 2.45) is 0 Å². The van der Waals surface area contributed by atoms with Gasteiger partial charge in [0.1, 0.15) is 4.34 Å². The van der Waals surface area contributed by atoms with Crippen molar-refractivity contribution in [3.05, 3.63) is 50.4 Å². The number of hydrogen-bond donors (Lipinski definition) is 0. The molecule has 1 amide bonds. The third-order valence-corrected chi connectivity index (χ3v) is 5.36. The second-order valence-electron chi connectivity index (χ2n) is 5.48. The third kappa shape index (κ3) is 4.23. The van der Waals surface area contributed by atoms with E-state index in [1.807, 2.05) is 29.3 Å². The molecule has 0 atom stereocenters. The molecule has 0 radical (unpaired) electrons. The third-order valence-electron chi connectivity index (χ3n) is 3.87. The van der Waals surface area contributed by atoms with Gasteiger partial charge in [0.2, 0.25) is 0 Å². The molecule has 3 heterocycles. The highest BCUT2D eigenvalue weighted by atomic mass is 35.5. The fourth-order valence-electron chi connectivity index (χ4n) is 2.71. The molecule has 3 rings (SSSR count). The molecule has 1 saturated heterocycles. The summed E-state index contributed by atoms with van der Waals surface area (Å²) >= 11 is 13.3. The van der Waals surface area contributed by atoms with Crippen LogP contribution in [0.15, 0.2) is 30.5 Å². The van der Waals surface area contributed by atoms with Crippen LogP contribution in [0.1, 0.15) is 22.5 Å². The van der Waals surface area contributed by atoms with E-state index in [9.17, 15) is 4.79 Å². The minimum absolute atomic E-state index is 0.0298. The summed E-state index contributed by atoms with van der Waals surface area (Å²) in [6, 6.07) is 7.61. The highest BCUT2D eigenvalue weighted by molar-refractivity contribution is 7.20. The predicted molar refractivity (Wildman–Crippen MR) is 94.4 cm³/mol. The lowest BCUT2D eigenvalue weighted by Crippen LogP contribution is -2.35. The van der Waals surface area contributed by atoms with E-state index < -0.39 is 0 Å². The summed E-state index contributed by atoms with van der Waals surface area (Å²) in [5.41, 5.74) is 1.57. The molecule has 1 aliphatic heterocycles. The Balaban J connectivity index is 1.62. The van der Waals surface area contributed by atoms with E-state index in [1.165, 1.54) is 11.3 Å². The zero-order valence-corrected chi connectivity index (χ0v) is 14.9. The number of aromatic nitrogens is 1. The van der Waals surface area contributed by atoms with Gasteiger partial charge in [-0.15, -0.1) is 11.3 Å². The number of nitrogens with zero attached hydrogens (tertiary/aromatic N) is 3. The molecule has 1 fully saturated rings. The molecule has 0 saturated carbocycles. The molecular weight excluding hydrogens is 353 g/mol. The normalized spacial score (nSPS) is 16.3. The highest BCUT2D eigenvalue weighted by Crippen LogP contribution is 2.32. The van der Waals surface area contributed by atoms with Gasteiger partial charge in [0.25, 0.3) is 5.91 Å². The molecule has 0 spiro atoms. The standard InChI is InChI=1S/C16H17Cl2N3OS/c17-14-10-13(15(18)23-14)16(22)21-7-3-6-20(8-9-21)11-12-4-1-2-5-19-12/h1-2,4-5,10H,3,6-9,11H2. The number of rotatable bonds is 3. The summed E-state index contributed by atoms with van der Waals surface area (Å²) in [6.07, 6.45) is 2.75. The van der Waals surface area contributed by atoms with Crippen LogP contribution in [0.25, 0.3) is 0 Å². The van der Waals surface area contributed by atoms with E-state index >= 15 is 0 Å². The Morgan fingerprint density at radius 3 is 2.78 bits per heavy atom. The summed E-state index contributed by atoms with van der Waals surface area (Å²) in [6.45, 7) is 4.03. The van der Waals surface area contributed by atoms with Crippen molar-refractivity contribution in [2.45, 2.75) is 13.0 Å². The quantitative estimate of drug-likeness (QED) is 0.825. The molecule has 2 aromatic rings. The lowest BCUT2D eigenvalue weighted by molar-refractivity contribution is 0.0762. The van der Waals surface area contributed by atoms with Gasteiger partial charge >= 0.3 is 0 Å². The number of pyridine rings is 1. The second-order valence-corrected chi connectivity index (χ2v) is 7.77. The van der Waals surface area contributed by atoms with Crippen LogP contribution in [0.3, 0.4) is 0 Å². The predicted octanol–water partition coefficient (Wildman–Crippen LogP) is 3.80. The van der Waals surface area contributed by atoms with Gasteiger partial charge in [-0.1, -0.05) is 29.3 Å². The smallest absolute Gasteiger partial charge is 0.256 e. The summed E-state index contributed by atoms with van der Waals surface area (Å²) in [5, 5.41) is 0. The highest BCUT2D eigenvalue weighted by Gasteiger charge is 2.23. The zero-order valence-electron chi connectivity index (χ0n) is 12.5. The number of hydrogen-bond acceptors (Lipinski definition) is 4. The largest absolute Gasteiger partial charge is 0.337 e. The van der Waals surface area contributed by atoms with Crippen LogP contribution in [0, 0.1) is 0 Å². The zero-order chi connectivity index (χ0) is 16.2. The van der Waals surface area contributed by atoms with Crippen molar-refractivity contribution >= 4 is 40.4 Å². The van der Waals surface area contributed by atoms with Crippen LogP contribution in [0.2, 0.25) is 8.67 Å². The Kier molecular flexibility index (Phi) is 5.54. The van der Waals surface area contributed by atoms with Crippen molar-refractivity contribution in [2.75, 3.05) is 26.2 Å². The van der Waals surface area contributed by atoms with Crippen molar-refractivity contribution in [3.63, 3.8) is 0 Å². The molecule has 122 valence electrons. The van der Waals surface area contributed by atoms with Crippen molar-refractivity contribution in [1.82, 2.24) is 14.8 Å². The molecule has 0 aliphatic carbocycles. The maximum Gasteiger partial charge on any atom is 0.256 e. The SMILES string of the molecule is O=C(c1cc(Cl)sc1Cl)N1CCCN(Cc2ccccn2)CC1. The first-order valence-electron chi connectivity index (χ1n) is 7.50. The summed E-state index contributed by atoms with van der Waals surface area (Å²) in [4.78, 5) is 21.2. The Hall–Kier alpha value is -1.14. The molecule has 0 unspecified atom stereocenters. The van der Waals surface area contributed by atoms with Gasteiger partial charge < -0.3 is 4.90 Å². The first kappa shape index (κ1) is 16.7. The van der Waals surface area contributed by atoms with Crippen LogP contribution in [-0.4, -0.2) is 46.9 Å². The number of carbonyl (C=O) groups excluding carboxylic acids is 1. The molecule has 1 aliphatic rings. The molecule has 2 aromatic heterocycles. The Bertz CT molecular complexity index is 677. The molecule has 23 heavy (non-hydrogen) atoms. The van der Waals surface area contributed by atoms with Crippen LogP contribution < -0.4 is 0 Å². The van der Waals surface area contributed by atoms with Crippen LogP contribution >= 0.6 is 34.5 Å². The Morgan fingerprint density at radius 2 is 2.09 bits per heavy atom. The number of carbonyl (C=O) groups is 1. The van der Waals surface area contributed by atoms with Gasteiger partial charge in [0, 0.05) is 38.9 Å². The molecule has 7 heteroatoms. The van der Waals surface area contributed by atoms with E-state index in [-0.39, 0.29) is 5.91 Å². The minimum Gasteiger partial charge on any atom is -0.337 e. The summed E-state index contributed by atoms with van der Waals surface area (Å²) in [5.74, 6) is -0.0298. The lowest BCUT2D eigenvalue weighted by atomic mass is 10.3. The van der Waals surface area contributed by atoms with Gasteiger partial charge in [0.05, 0.1) is 15.6 Å². The van der Waals surface area contributed by atoms with Crippen LogP contribution in [-0.2, 0) is 6.54 Å². The lowest BCUT2D eigenvalue weighted by Gasteiger charge is -2.21. The van der Waals surface area contributed by atoms with Gasteiger partial charge in [0.15, 0.2) is 0 Å². The second kappa shape index (κ2) is 7.62. The monoisotopic (exact) mass is 369 g/mol. The van der Waals surface area contributed by atoms with Gasteiger partial charge in [-0.3, -0.25) is 14.7 Å². The Labute approximate surface area is 149 Å². The van der Waals surface area contributed by atoms with Crippen LogP contribution in [0.4, 0.5) is 0 Å². The average Bonchev–Trinajstić information content (AvgIpc) is 2.74. The fraction of sp³-hybridized carbons (Fsp3) is 0.375. The molecule has 0 N–H and O–H groups in total. The molecule has 0 aromatic carbocycles. The first-order chi connectivity index (χ1) is 11.1. The van der Waals surface area contributed by atoms with E-state index in [1.54, 1.807) is 6.07 Å². The van der Waals surface area contributed by atoms with E-state index in [4.69, 9.17) is 23.2 Å². The van der Waals surface area contributed by atoms with E-state index in [2.05, 4.69) is 9.88 Å². The van der Waals surface area contributed by atoms with Gasteiger partial charge in [-0.2, -0.15) is 0 Å². The van der Waals surface area contributed by atoms with Gasteiger partial charge in [-0.25, -0.2) is 0 Å². The topological polar surface area (TPSA) is 36.4 Å². The maximum atomic E-state index is 12.6.